The van der Waals surface area contributed by atoms with Crippen LogP contribution in [0.25, 0.3) is 0 Å². The molecule has 0 unspecified atom stereocenters. The van der Waals surface area contributed by atoms with E-state index in [2.05, 4.69) is 18.4 Å². The smallest absolute Gasteiger partial charge is 0.00691 e. The highest BCUT2D eigenvalue weighted by atomic mass is 32.2. The zero-order valence-electron chi connectivity index (χ0n) is 5.95. The van der Waals surface area contributed by atoms with Crippen molar-refractivity contribution in [3.8, 4) is 0 Å². The number of allylic oxidation sites excluding steroid dienone is 7. The van der Waals surface area contributed by atoms with Gasteiger partial charge >= 0.3 is 0 Å². The molecule has 0 aromatic rings. The molecular weight excluding hydrogens is 140 g/mol. The molecule has 0 fully saturated rings. The van der Waals surface area contributed by atoms with Crippen LogP contribution in [0.3, 0.4) is 0 Å². The molecule has 0 N–H and O–H groups in total. The lowest BCUT2D eigenvalue weighted by atomic mass is 10.3. The second-order valence-corrected chi connectivity index (χ2v) is 2.78. The van der Waals surface area contributed by atoms with E-state index in [0.717, 1.165) is 0 Å². The third-order valence-electron chi connectivity index (χ3n) is 1.20. The van der Waals surface area contributed by atoms with E-state index in [4.69, 9.17) is 0 Å². The van der Waals surface area contributed by atoms with Gasteiger partial charge in [-0.05, 0) is 18.4 Å². The molecule has 52 valence electrons. The predicted molar refractivity (Wildman–Crippen MR) is 49.0 cm³/mol. The van der Waals surface area contributed by atoms with Crippen LogP contribution in [0.2, 0.25) is 0 Å². The summed E-state index contributed by atoms with van der Waals surface area (Å²) in [6, 6.07) is 0. The van der Waals surface area contributed by atoms with Gasteiger partial charge in [0.2, 0.25) is 0 Å². The maximum Gasteiger partial charge on any atom is 0.00691 e. The molecule has 1 rings (SSSR count). The molecule has 0 aromatic carbocycles. The summed E-state index contributed by atoms with van der Waals surface area (Å²) in [5.74, 6) is 0. The van der Waals surface area contributed by atoms with Crippen LogP contribution in [0.15, 0.2) is 47.4 Å². The molecule has 1 aliphatic carbocycles. The van der Waals surface area contributed by atoms with Gasteiger partial charge in [0.1, 0.15) is 0 Å². The van der Waals surface area contributed by atoms with E-state index in [0.29, 0.717) is 0 Å². The lowest BCUT2D eigenvalue weighted by Crippen LogP contribution is -1.68. The molecule has 1 heteroatoms. The van der Waals surface area contributed by atoms with Crippen LogP contribution < -0.4 is 0 Å². The van der Waals surface area contributed by atoms with Gasteiger partial charge in [0.25, 0.3) is 0 Å². The Balaban J connectivity index is 2.73. The van der Waals surface area contributed by atoms with E-state index < -0.39 is 0 Å². The minimum Gasteiger partial charge on any atom is -0.130 e. The molecule has 0 amide bonds. The van der Waals surface area contributed by atoms with E-state index >= 15 is 0 Å². The molecular formula is C9H10S. The van der Waals surface area contributed by atoms with E-state index in [1.165, 1.54) is 4.91 Å². The van der Waals surface area contributed by atoms with E-state index in [1.54, 1.807) is 11.8 Å². The standard InChI is InChI=1S/C9H10S/c1-10-9-7-5-3-2-4-6-8-9/h2-8H,1H3/b3-2+,4-2?,5-3?,6-4-,7-5+,8-6?,9-7?,9-8+. The fourth-order valence-electron chi connectivity index (χ4n) is 0.685. The summed E-state index contributed by atoms with van der Waals surface area (Å²) in [5, 5.41) is 0. The number of hydrogen-bond acceptors (Lipinski definition) is 1. The first-order valence-electron chi connectivity index (χ1n) is 3.19. The highest BCUT2D eigenvalue weighted by Gasteiger charge is 1.84. The second kappa shape index (κ2) is 4.18. The lowest BCUT2D eigenvalue weighted by Gasteiger charge is -1.93. The lowest BCUT2D eigenvalue weighted by molar-refractivity contribution is 1.78. The first-order valence-corrected chi connectivity index (χ1v) is 4.41. The third-order valence-corrected chi connectivity index (χ3v) is 1.94. The minimum atomic E-state index is 1.29. The molecule has 0 heterocycles. The Bertz CT molecular complexity index is 207. The van der Waals surface area contributed by atoms with Crippen molar-refractivity contribution in [2.45, 2.75) is 0 Å². The summed E-state index contributed by atoms with van der Waals surface area (Å²) >= 11 is 1.76. The van der Waals surface area contributed by atoms with Crippen LogP contribution in [-0.2, 0) is 0 Å². The normalized spacial score (nSPS) is 31.1. The molecule has 1 aliphatic rings. The van der Waals surface area contributed by atoms with Gasteiger partial charge in [0.15, 0.2) is 0 Å². The van der Waals surface area contributed by atoms with Gasteiger partial charge < -0.3 is 0 Å². The summed E-state index contributed by atoms with van der Waals surface area (Å²) < 4.78 is 0. The zero-order chi connectivity index (χ0) is 7.23. The van der Waals surface area contributed by atoms with Crippen LogP contribution in [0.5, 0.6) is 0 Å². The molecule has 10 heavy (non-hydrogen) atoms. The van der Waals surface area contributed by atoms with E-state index in [9.17, 15) is 0 Å². The Morgan fingerprint density at radius 3 is 2.50 bits per heavy atom. The van der Waals surface area contributed by atoms with Gasteiger partial charge in [0.05, 0.1) is 0 Å². The van der Waals surface area contributed by atoms with E-state index in [1.807, 2.05) is 30.4 Å². The Labute approximate surface area is 66.0 Å². The Morgan fingerprint density at radius 1 is 1.00 bits per heavy atom. The quantitative estimate of drug-likeness (QED) is 0.554. The molecule has 0 spiro atoms. The highest BCUT2D eigenvalue weighted by Crippen LogP contribution is 2.13. The SMILES string of the molecule is CSC1=C/C=C\C=C\C=C\1. The van der Waals surface area contributed by atoms with Gasteiger partial charge in [-0.2, -0.15) is 0 Å². The van der Waals surface area contributed by atoms with Crippen LogP contribution in [-0.4, -0.2) is 6.26 Å². The largest absolute Gasteiger partial charge is 0.130 e. The summed E-state index contributed by atoms with van der Waals surface area (Å²) in [6.07, 6.45) is 16.5. The van der Waals surface area contributed by atoms with Crippen molar-refractivity contribution < 1.29 is 0 Å². The molecule has 0 saturated heterocycles. The van der Waals surface area contributed by atoms with Crippen molar-refractivity contribution in [2.24, 2.45) is 0 Å². The molecule has 0 radical (unpaired) electrons. The summed E-state index contributed by atoms with van der Waals surface area (Å²) in [4.78, 5) is 1.29. The van der Waals surface area contributed by atoms with Crippen molar-refractivity contribution in [3.63, 3.8) is 0 Å². The molecule has 0 aliphatic heterocycles. The second-order valence-electron chi connectivity index (χ2n) is 1.90. The van der Waals surface area contributed by atoms with Crippen LogP contribution in [0.1, 0.15) is 0 Å². The van der Waals surface area contributed by atoms with Crippen molar-refractivity contribution >= 4 is 11.8 Å². The monoisotopic (exact) mass is 150 g/mol. The predicted octanol–water partition coefficient (Wildman–Crippen LogP) is 2.92. The highest BCUT2D eigenvalue weighted by molar-refractivity contribution is 8.02. The zero-order valence-corrected chi connectivity index (χ0v) is 6.77. The van der Waals surface area contributed by atoms with Gasteiger partial charge in [-0.15, -0.1) is 11.8 Å². The molecule has 0 saturated carbocycles. The number of rotatable bonds is 1. The summed E-state index contributed by atoms with van der Waals surface area (Å²) in [7, 11) is 0. The maximum absolute atomic E-state index is 2.10. The van der Waals surface area contributed by atoms with Crippen molar-refractivity contribution in [1.82, 2.24) is 0 Å². The number of hydrogen-bond donors (Lipinski definition) is 0. The Kier molecular flexibility index (Phi) is 3.10. The first kappa shape index (κ1) is 7.42. The van der Waals surface area contributed by atoms with Gasteiger partial charge in [-0.1, -0.05) is 30.4 Å². The third kappa shape index (κ3) is 2.28. The number of thioether (sulfide) groups is 1. The first-order chi connectivity index (χ1) is 4.93. The van der Waals surface area contributed by atoms with Crippen LogP contribution in [0.4, 0.5) is 0 Å². The maximum atomic E-state index is 2.10. The van der Waals surface area contributed by atoms with Gasteiger partial charge in [0, 0.05) is 4.91 Å². The molecule has 0 aromatic heterocycles. The Hall–Kier alpha value is -0.690. The summed E-state index contributed by atoms with van der Waals surface area (Å²) in [6.45, 7) is 0. The Morgan fingerprint density at radius 2 is 1.70 bits per heavy atom. The topological polar surface area (TPSA) is 0 Å². The van der Waals surface area contributed by atoms with Gasteiger partial charge in [-0.3, -0.25) is 0 Å². The molecule has 0 bridgehead atoms. The van der Waals surface area contributed by atoms with Crippen LogP contribution in [0, 0.1) is 0 Å². The summed E-state index contributed by atoms with van der Waals surface area (Å²) in [5.41, 5.74) is 0. The van der Waals surface area contributed by atoms with Crippen LogP contribution >= 0.6 is 11.8 Å². The van der Waals surface area contributed by atoms with Gasteiger partial charge in [-0.25, -0.2) is 0 Å². The van der Waals surface area contributed by atoms with Crippen molar-refractivity contribution in [3.05, 3.63) is 47.4 Å². The molecule has 0 atom stereocenters. The van der Waals surface area contributed by atoms with Crippen molar-refractivity contribution in [2.75, 3.05) is 6.26 Å². The molecule has 0 nitrogen and oxygen atoms in total. The van der Waals surface area contributed by atoms with Crippen molar-refractivity contribution in [1.29, 1.82) is 0 Å². The minimum absolute atomic E-state index is 1.29. The fraction of sp³-hybridized carbons (Fsp3) is 0.111. The average molecular weight is 150 g/mol. The fourth-order valence-corrected chi connectivity index (χ4v) is 1.11. The van der Waals surface area contributed by atoms with E-state index in [-0.39, 0.29) is 0 Å². The average Bonchev–Trinajstić information content (AvgIpc) is 1.87.